The molecule has 1 heterocycles. The van der Waals surface area contributed by atoms with Crippen molar-refractivity contribution in [1.29, 1.82) is 5.26 Å². The molecule has 1 unspecified atom stereocenters. The van der Waals surface area contributed by atoms with Gasteiger partial charge in [0.15, 0.2) is 0 Å². The second-order valence-electron chi connectivity index (χ2n) is 8.88. The van der Waals surface area contributed by atoms with E-state index >= 15 is 0 Å². The summed E-state index contributed by atoms with van der Waals surface area (Å²) in [4.78, 5) is 12.2. The lowest BCUT2D eigenvalue weighted by Gasteiger charge is -2.16. The fourth-order valence-electron chi connectivity index (χ4n) is 4.43. The fourth-order valence-corrected chi connectivity index (χ4v) is 5.62. The van der Waals surface area contributed by atoms with E-state index in [9.17, 15) is 23.6 Å². The maximum atomic E-state index is 13.1. The van der Waals surface area contributed by atoms with Crippen molar-refractivity contribution in [1.82, 2.24) is 9.29 Å². The maximum absolute atomic E-state index is 13.1. The van der Waals surface area contributed by atoms with Gasteiger partial charge in [0.05, 0.1) is 16.5 Å². The first-order chi connectivity index (χ1) is 18.7. The Labute approximate surface area is 227 Å². The minimum atomic E-state index is -4.13. The second-order valence-corrected chi connectivity index (χ2v) is 10.6. The lowest BCUT2D eigenvalue weighted by Crippen LogP contribution is -2.42. The molecule has 0 saturated heterocycles. The molecule has 1 aromatic heterocycles. The lowest BCUT2D eigenvalue weighted by atomic mass is 10.0. The third kappa shape index (κ3) is 6.29. The summed E-state index contributed by atoms with van der Waals surface area (Å²) >= 11 is 0. The number of nitriles is 1. The van der Waals surface area contributed by atoms with Crippen molar-refractivity contribution in [3.8, 4) is 23.7 Å². The van der Waals surface area contributed by atoms with Crippen LogP contribution in [0.4, 0.5) is 0 Å². The van der Waals surface area contributed by atoms with Crippen molar-refractivity contribution < 1.29 is 23.1 Å². The minimum absolute atomic E-state index is 0.0526. The number of carboxylic acid groups (broad SMARTS) is 1. The van der Waals surface area contributed by atoms with Crippen LogP contribution < -0.4 is 9.46 Å². The maximum Gasteiger partial charge on any atom is 0.322 e. The third-order valence-corrected chi connectivity index (χ3v) is 7.87. The highest BCUT2D eigenvalue weighted by Gasteiger charge is 2.28. The number of rotatable bonds is 10. The summed E-state index contributed by atoms with van der Waals surface area (Å²) in [5.74, 6) is 4.64. The molecule has 2 N–H and O–H groups in total. The molecule has 39 heavy (non-hydrogen) atoms. The van der Waals surface area contributed by atoms with E-state index in [0.717, 1.165) is 27.7 Å². The van der Waals surface area contributed by atoms with E-state index in [1.165, 1.54) is 24.3 Å². The van der Waals surface area contributed by atoms with Crippen LogP contribution in [0.15, 0.2) is 77.7 Å². The van der Waals surface area contributed by atoms with Crippen molar-refractivity contribution in [3.63, 3.8) is 0 Å². The lowest BCUT2D eigenvalue weighted by molar-refractivity contribution is -0.138. The molecule has 3 aromatic carbocycles. The van der Waals surface area contributed by atoms with Crippen LogP contribution in [0.3, 0.4) is 0 Å². The van der Waals surface area contributed by atoms with Gasteiger partial charge in [0.2, 0.25) is 10.0 Å². The van der Waals surface area contributed by atoms with Gasteiger partial charge in [-0.1, -0.05) is 36.3 Å². The summed E-state index contributed by atoms with van der Waals surface area (Å²) in [6.45, 7) is 4.23. The Kier molecular flexibility index (Phi) is 8.36. The summed E-state index contributed by atoms with van der Waals surface area (Å²) in [5, 5.41) is 20.1. The Morgan fingerprint density at radius 3 is 2.54 bits per heavy atom. The number of benzene rings is 3. The quantitative estimate of drug-likeness (QED) is 0.290. The zero-order chi connectivity index (χ0) is 28.0. The highest BCUT2D eigenvalue weighted by molar-refractivity contribution is 7.89. The number of nitrogens with one attached hydrogen (secondary N) is 1. The van der Waals surface area contributed by atoms with Crippen LogP contribution in [-0.4, -0.2) is 36.7 Å². The molecule has 8 nitrogen and oxygen atoms in total. The first-order valence-corrected chi connectivity index (χ1v) is 13.6. The molecule has 4 rings (SSSR count). The second kappa shape index (κ2) is 11.9. The van der Waals surface area contributed by atoms with E-state index in [1.807, 2.05) is 49.4 Å². The number of hydrogen-bond donors (Lipinski definition) is 2. The molecular weight excluding hydrogens is 514 g/mol. The Morgan fingerprint density at radius 1 is 1.10 bits per heavy atom. The Bertz CT molecular complexity index is 1720. The van der Waals surface area contributed by atoms with E-state index in [4.69, 9.17) is 4.74 Å². The van der Waals surface area contributed by atoms with Crippen LogP contribution in [0.5, 0.6) is 5.75 Å². The molecular formula is C30H27N3O5S. The number of para-hydroxylation sites is 1. The minimum Gasteiger partial charge on any atom is -0.481 e. The zero-order valence-electron chi connectivity index (χ0n) is 21.5. The molecule has 0 radical (unpaired) electrons. The van der Waals surface area contributed by atoms with Gasteiger partial charge in [0.1, 0.15) is 18.4 Å². The average Bonchev–Trinajstić information content (AvgIpc) is 3.19. The van der Waals surface area contributed by atoms with Gasteiger partial charge in [-0.2, -0.15) is 9.98 Å². The number of ether oxygens (including phenoxy) is 1. The van der Waals surface area contributed by atoms with E-state index < -0.39 is 22.0 Å². The van der Waals surface area contributed by atoms with Crippen molar-refractivity contribution in [2.75, 3.05) is 6.61 Å². The van der Waals surface area contributed by atoms with E-state index in [2.05, 4.69) is 27.2 Å². The topological polar surface area (TPSA) is 121 Å². The number of aromatic nitrogens is 1. The Balaban J connectivity index is 1.62. The van der Waals surface area contributed by atoms with Gasteiger partial charge >= 0.3 is 5.97 Å². The van der Waals surface area contributed by atoms with Crippen molar-refractivity contribution in [3.05, 3.63) is 95.2 Å². The van der Waals surface area contributed by atoms with Crippen molar-refractivity contribution >= 4 is 26.9 Å². The zero-order valence-corrected chi connectivity index (χ0v) is 22.3. The fraction of sp³-hybridized carbons (Fsp3) is 0.200. The van der Waals surface area contributed by atoms with Crippen LogP contribution in [-0.2, 0) is 27.8 Å². The monoisotopic (exact) mass is 541 g/mol. The number of aliphatic carboxylic acids is 1. The average molecular weight is 542 g/mol. The van der Waals surface area contributed by atoms with Crippen LogP contribution in [0, 0.1) is 30.1 Å². The van der Waals surface area contributed by atoms with Crippen molar-refractivity contribution in [2.45, 2.75) is 37.8 Å². The normalized spacial score (nSPS) is 11.8. The summed E-state index contributed by atoms with van der Waals surface area (Å²) in [6.07, 6.45) is -0.0526. The molecule has 4 aromatic rings. The molecule has 198 valence electrons. The molecule has 1 atom stereocenters. The predicted octanol–water partition coefficient (Wildman–Crippen LogP) is 4.25. The molecule has 0 aliphatic carbocycles. The van der Waals surface area contributed by atoms with Gasteiger partial charge in [-0.05, 0) is 67.4 Å². The van der Waals surface area contributed by atoms with Crippen LogP contribution in [0.2, 0.25) is 0 Å². The summed E-state index contributed by atoms with van der Waals surface area (Å²) in [5.41, 5.74) is 3.92. The highest BCUT2D eigenvalue weighted by Crippen LogP contribution is 2.28. The van der Waals surface area contributed by atoms with Crippen molar-refractivity contribution in [2.24, 2.45) is 0 Å². The smallest absolute Gasteiger partial charge is 0.322 e. The van der Waals surface area contributed by atoms with E-state index in [1.54, 1.807) is 13.0 Å². The van der Waals surface area contributed by atoms with Crippen LogP contribution >= 0.6 is 0 Å². The van der Waals surface area contributed by atoms with Gasteiger partial charge in [0, 0.05) is 29.6 Å². The SMILES string of the molecule is CC#CCOc1ccc(S(=O)(=O)NC(Cc2c(C)n(Cc3cccc(C#N)c3)c3ccccc23)C(=O)O)cc1. The number of carbonyl (C=O) groups is 1. The standard InChI is InChI=1S/C30H27N3O5S/c1-3-4-16-38-24-12-14-25(15-13-24)39(36,37)32-28(30(34)35)18-27-21(2)33(29-11-6-5-10-26(27)29)20-23-9-7-8-22(17-23)19-31/h5-15,17,28,32H,16,18,20H2,1-2H3,(H,34,35). The molecule has 0 fully saturated rings. The molecule has 0 spiro atoms. The number of hydrogen-bond acceptors (Lipinski definition) is 5. The molecule has 9 heteroatoms. The Hall–Kier alpha value is -4.57. The van der Waals surface area contributed by atoms with Crippen LogP contribution in [0.1, 0.15) is 29.3 Å². The number of carboxylic acids is 1. The molecule has 0 aliphatic rings. The highest BCUT2D eigenvalue weighted by atomic mass is 32.2. The van der Waals surface area contributed by atoms with Gasteiger partial charge in [-0.25, -0.2) is 8.42 Å². The number of sulfonamides is 1. The summed E-state index contributed by atoms with van der Waals surface area (Å²) in [6, 6.07) is 21.4. The molecule has 0 aliphatic heterocycles. The Morgan fingerprint density at radius 2 is 1.85 bits per heavy atom. The third-order valence-electron chi connectivity index (χ3n) is 6.38. The largest absolute Gasteiger partial charge is 0.481 e. The number of nitrogens with zero attached hydrogens (tertiary/aromatic N) is 2. The first-order valence-electron chi connectivity index (χ1n) is 12.2. The van der Waals surface area contributed by atoms with Crippen LogP contribution in [0.25, 0.3) is 10.9 Å². The van der Waals surface area contributed by atoms with Gasteiger partial charge in [-0.3, -0.25) is 4.79 Å². The van der Waals surface area contributed by atoms with Gasteiger partial charge < -0.3 is 14.4 Å². The van der Waals surface area contributed by atoms with E-state index in [-0.39, 0.29) is 17.9 Å². The van der Waals surface area contributed by atoms with E-state index in [0.29, 0.717) is 17.9 Å². The molecule has 0 bridgehead atoms. The predicted molar refractivity (Wildman–Crippen MR) is 148 cm³/mol. The first kappa shape index (κ1) is 27.5. The summed E-state index contributed by atoms with van der Waals surface area (Å²) < 4.78 is 36.0. The summed E-state index contributed by atoms with van der Waals surface area (Å²) in [7, 11) is -4.13. The molecule has 0 amide bonds. The van der Waals surface area contributed by atoms with Gasteiger partial charge in [0.25, 0.3) is 0 Å². The van der Waals surface area contributed by atoms with Gasteiger partial charge in [-0.15, -0.1) is 5.92 Å². The number of fused-ring (bicyclic) bond motifs is 1. The molecule has 0 saturated carbocycles.